The molecule has 2 heteroatoms. The molecule has 1 N–H and O–H groups in total. The molecule has 0 aliphatic rings. The van der Waals surface area contributed by atoms with Crippen LogP contribution in [0, 0.1) is 10.8 Å². The van der Waals surface area contributed by atoms with Gasteiger partial charge in [0, 0.05) is 19.8 Å². The maximum atomic E-state index is 8.83. The monoisotopic (exact) mass is 356 g/mol. The highest BCUT2D eigenvalue weighted by Gasteiger charge is 2.17. The molecule has 0 rings (SSSR count). The van der Waals surface area contributed by atoms with Crippen molar-refractivity contribution >= 4 is 0 Å². The second kappa shape index (κ2) is 15.0. The summed E-state index contributed by atoms with van der Waals surface area (Å²) in [7, 11) is 0. The van der Waals surface area contributed by atoms with E-state index in [0.29, 0.717) is 17.4 Å². The third-order valence-corrected chi connectivity index (χ3v) is 5.50. The van der Waals surface area contributed by atoms with E-state index in [4.69, 9.17) is 9.84 Å². The minimum atomic E-state index is 0.341. The minimum Gasteiger partial charge on any atom is -0.396 e. The zero-order valence-corrected chi connectivity index (χ0v) is 18.2. The Labute approximate surface area is 159 Å². The Morgan fingerprint density at radius 1 is 0.600 bits per heavy atom. The first kappa shape index (κ1) is 24.9. The highest BCUT2D eigenvalue weighted by atomic mass is 16.5. The van der Waals surface area contributed by atoms with Gasteiger partial charge in [-0.05, 0) is 55.8 Å². The molecule has 0 saturated carbocycles. The summed E-state index contributed by atoms with van der Waals surface area (Å²) in [5, 5.41) is 8.83. The van der Waals surface area contributed by atoms with Crippen LogP contribution in [0.2, 0.25) is 0 Å². The first-order chi connectivity index (χ1) is 11.8. The van der Waals surface area contributed by atoms with Crippen LogP contribution in [0.15, 0.2) is 0 Å². The summed E-state index contributed by atoms with van der Waals surface area (Å²) < 4.78 is 5.83. The van der Waals surface area contributed by atoms with Crippen molar-refractivity contribution < 1.29 is 9.84 Å². The molecule has 152 valence electrons. The van der Waals surface area contributed by atoms with Gasteiger partial charge in [-0.2, -0.15) is 0 Å². The van der Waals surface area contributed by atoms with Gasteiger partial charge in [-0.3, -0.25) is 0 Å². The van der Waals surface area contributed by atoms with Gasteiger partial charge in [-0.1, -0.05) is 73.1 Å². The first-order valence-electron chi connectivity index (χ1n) is 11.0. The Kier molecular flexibility index (Phi) is 15.0. The third-order valence-electron chi connectivity index (χ3n) is 5.50. The lowest BCUT2D eigenvalue weighted by atomic mass is 9.82. The molecule has 0 fully saturated rings. The summed E-state index contributed by atoms with van der Waals surface area (Å²) >= 11 is 0. The fourth-order valence-corrected chi connectivity index (χ4v) is 3.51. The predicted molar refractivity (Wildman–Crippen MR) is 111 cm³/mol. The fourth-order valence-electron chi connectivity index (χ4n) is 3.51. The van der Waals surface area contributed by atoms with E-state index in [0.717, 1.165) is 26.1 Å². The lowest BCUT2D eigenvalue weighted by molar-refractivity contribution is 0.119. The van der Waals surface area contributed by atoms with Gasteiger partial charge in [-0.25, -0.2) is 0 Å². The molecule has 2 nitrogen and oxygen atoms in total. The van der Waals surface area contributed by atoms with E-state index in [-0.39, 0.29) is 0 Å². The van der Waals surface area contributed by atoms with E-state index in [1.807, 2.05) is 0 Å². The summed E-state index contributed by atoms with van der Waals surface area (Å²) in [5.74, 6) is 0. The first-order valence-corrected chi connectivity index (χ1v) is 11.0. The molecule has 0 unspecified atom stereocenters. The van der Waals surface area contributed by atoms with Crippen LogP contribution in [0.1, 0.15) is 118 Å². The summed E-state index contributed by atoms with van der Waals surface area (Å²) in [6, 6.07) is 0. The van der Waals surface area contributed by atoms with Crippen LogP contribution in [-0.2, 0) is 4.74 Å². The van der Waals surface area contributed by atoms with Crippen molar-refractivity contribution in [3.8, 4) is 0 Å². The molecule has 0 spiro atoms. The van der Waals surface area contributed by atoms with Crippen molar-refractivity contribution in [3.05, 3.63) is 0 Å². The number of rotatable bonds is 18. The molecule has 0 aliphatic carbocycles. The van der Waals surface area contributed by atoms with Crippen molar-refractivity contribution in [1.29, 1.82) is 0 Å². The fraction of sp³-hybridized carbons (Fsp3) is 1.00. The van der Waals surface area contributed by atoms with Crippen LogP contribution in [-0.4, -0.2) is 24.9 Å². The maximum absolute atomic E-state index is 8.83. The van der Waals surface area contributed by atoms with Gasteiger partial charge < -0.3 is 9.84 Å². The maximum Gasteiger partial charge on any atom is 0.0466 e. The standard InChI is InChI=1S/C23H48O2/c1-6-7-15-22(2,3)17-10-13-20-25-21-14-11-18-23(4,5)16-9-8-12-19-24/h24H,6-21H2,1-5H3. The molecule has 0 bridgehead atoms. The van der Waals surface area contributed by atoms with E-state index >= 15 is 0 Å². The second-order valence-electron chi connectivity index (χ2n) is 9.49. The quantitative estimate of drug-likeness (QED) is 0.264. The number of aliphatic hydroxyl groups is 1. The van der Waals surface area contributed by atoms with Gasteiger partial charge in [-0.15, -0.1) is 0 Å². The molecule has 0 aromatic rings. The van der Waals surface area contributed by atoms with Crippen molar-refractivity contribution in [2.24, 2.45) is 10.8 Å². The number of hydrogen-bond acceptors (Lipinski definition) is 2. The normalized spacial score (nSPS) is 12.7. The van der Waals surface area contributed by atoms with E-state index in [9.17, 15) is 0 Å². The second-order valence-corrected chi connectivity index (χ2v) is 9.49. The van der Waals surface area contributed by atoms with Gasteiger partial charge in [0.2, 0.25) is 0 Å². The Morgan fingerprint density at radius 3 is 1.48 bits per heavy atom. The van der Waals surface area contributed by atoms with E-state index in [1.165, 1.54) is 70.6 Å². The minimum absolute atomic E-state index is 0.341. The van der Waals surface area contributed by atoms with E-state index in [2.05, 4.69) is 34.6 Å². The van der Waals surface area contributed by atoms with Crippen molar-refractivity contribution in [2.45, 2.75) is 118 Å². The Bertz CT molecular complexity index is 284. The van der Waals surface area contributed by atoms with Gasteiger partial charge in [0.05, 0.1) is 0 Å². The van der Waals surface area contributed by atoms with Gasteiger partial charge in [0.25, 0.3) is 0 Å². The average molecular weight is 357 g/mol. The average Bonchev–Trinajstić information content (AvgIpc) is 2.55. The predicted octanol–water partition coefficient (Wildman–Crippen LogP) is 7.14. The third kappa shape index (κ3) is 17.1. The zero-order valence-electron chi connectivity index (χ0n) is 18.2. The molecular weight excluding hydrogens is 308 g/mol. The van der Waals surface area contributed by atoms with Gasteiger partial charge in [0.15, 0.2) is 0 Å². The molecule has 0 aromatic carbocycles. The lowest BCUT2D eigenvalue weighted by Gasteiger charge is -2.24. The van der Waals surface area contributed by atoms with E-state index < -0.39 is 0 Å². The van der Waals surface area contributed by atoms with Crippen LogP contribution < -0.4 is 0 Å². The SMILES string of the molecule is CCCCC(C)(C)CCCCOCCCCC(C)(C)CCCCCO. The van der Waals surface area contributed by atoms with Crippen molar-refractivity contribution in [1.82, 2.24) is 0 Å². The molecule has 0 heterocycles. The van der Waals surface area contributed by atoms with Crippen LogP contribution in [0.5, 0.6) is 0 Å². The summed E-state index contributed by atoms with van der Waals surface area (Å²) in [6.07, 6.45) is 16.3. The topological polar surface area (TPSA) is 29.5 Å². The van der Waals surface area contributed by atoms with Gasteiger partial charge >= 0.3 is 0 Å². The highest BCUT2D eigenvalue weighted by Crippen LogP contribution is 2.30. The molecule has 0 saturated heterocycles. The molecule has 0 amide bonds. The van der Waals surface area contributed by atoms with Crippen molar-refractivity contribution in [2.75, 3.05) is 19.8 Å². The van der Waals surface area contributed by atoms with Crippen molar-refractivity contribution in [3.63, 3.8) is 0 Å². The summed E-state index contributed by atoms with van der Waals surface area (Å²) in [5.41, 5.74) is 0.957. The molecule has 0 radical (unpaired) electrons. The number of aliphatic hydroxyl groups excluding tert-OH is 1. The van der Waals surface area contributed by atoms with Gasteiger partial charge in [0.1, 0.15) is 0 Å². The highest BCUT2D eigenvalue weighted by molar-refractivity contribution is 4.69. The Hall–Kier alpha value is -0.0800. The van der Waals surface area contributed by atoms with Crippen LogP contribution >= 0.6 is 0 Å². The smallest absolute Gasteiger partial charge is 0.0466 e. The summed E-state index contributed by atoms with van der Waals surface area (Å²) in [6.45, 7) is 14.1. The Morgan fingerprint density at radius 2 is 1.04 bits per heavy atom. The van der Waals surface area contributed by atoms with Crippen LogP contribution in [0.3, 0.4) is 0 Å². The summed E-state index contributed by atoms with van der Waals surface area (Å²) in [4.78, 5) is 0. The number of ether oxygens (including phenoxy) is 1. The Balaban J connectivity index is 3.46. The number of unbranched alkanes of at least 4 members (excludes halogenated alkanes) is 5. The van der Waals surface area contributed by atoms with E-state index in [1.54, 1.807) is 0 Å². The molecular formula is C23H48O2. The van der Waals surface area contributed by atoms with Crippen LogP contribution in [0.25, 0.3) is 0 Å². The zero-order chi connectivity index (χ0) is 19.0. The molecule has 25 heavy (non-hydrogen) atoms. The molecule has 0 atom stereocenters. The van der Waals surface area contributed by atoms with Crippen LogP contribution in [0.4, 0.5) is 0 Å². The number of hydrogen-bond donors (Lipinski definition) is 1. The lowest BCUT2D eigenvalue weighted by Crippen LogP contribution is -2.12. The largest absolute Gasteiger partial charge is 0.396 e. The molecule has 0 aromatic heterocycles. The molecule has 0 aliphatic heterocycles.